The molecule has 6 heteroatoms. The molecule has 1 saturated carbocycles. The van der Waals surface area contributed by atoms with Crippen LogP contribution in [0.15, 0.2) is 0 Å². The molecule has 3 nitrogen and oxygen atoms in total. The zero-order chi connectivity index (χ0) is 13.7. The summed E-state index contributed by atoms with van der Waals surface area (Å²) >= 11 is 0. The van der Waals surface area contributed by atoms with Crippen LogP contribution in [0, 0.1) is 13.3 Å². The van der Waals surface area contributed by atoms with Gasteiger partial charge in [-0.25, -0.2) is 4.39 Å². The van der Waals surface area contributed by atoms with E-state index >= 15 is 0 Å². The van der Waals surface area contributed by atoms with E-state index in [1.165, 1.54) is 0 Å². The third-order valence-electron chi connectivity index (χ3n) is 2.65. The molecular weight excluding hydrogens is 319 g/mol. The van der Waals surface area contributed by atoms with Gasteiger partial charge in [0.2, 0.25) is 0 Å². The minimum Gasteiger partial charge on any atom is -0.689 e. The number of alkyl halides is 1. The van der Waals surface area contributed by atoms with Crippen molar-refractivity contribution in [3.63, 3.8) is 0 Å². The number of halogens is 1. The molecule has 0 aliphatic heterocycles. The fourth-order valence-electron chi connectivity index (χ4n) is 1.80. The van der Waals surface area contributed by atoms with Gasteiger partial charge in [-0.05, 0) is 18.8 Å². The van der Waals surface area contributed by atoms with Gasteiger partial charge < -0.3 is 23.3 Å². The Labute approximate surface area is 140 Å². The Morgan fingerprint density at radius 2 is 1.47 bits per heavy atom. The van der Waals surface area contributed by atoms with Crippen LogP contribution in [0.2, 0.25) is 13.1 Å². The molecule has 0 aromatic carbocycles. The van der Waals surface area contributed by atoms with Crippen molar-refractivity contribution < 1.29 is 30.6 Å². The first-order chi connectivity index (χ1) is 8.06. The van der Waals surface area contributed by atoms with Crippen molar-refractivity contribution in [2.24, 2.45) is 5.92 Å². The van der Waals surface area contributed by atoms with Gasteiger partial charge in [0, 0.05) is 6.85 Å². The predicted molar refractivity (Wildman–Crippen MR) is 84.8 cm³/mol. The summed E-state index contributed by atoms with van der Waals surface area (Å²) in [6.07, 6.45) is 3.32. The topological polar surface area (TPSA) is 42.3 Å². The van der Waals surface area contributed by atoms with Gasteiger partial charge in [-0.15, -0.1) is 6.82 Å². The number of hydrogen-bond donors (Lipinski definition) is 0. The molecule has 0 N–H and O–H groups in total. The van der Waals surface area contributed by atoms with Gasteiger partial charge in [0.05, 0.1) is 0 Å². The van der Waals surface area contributed by atoms with Crippen LogP contribution >= 0.6 is 0 Å². The molecule has 0 bridgehead atoms. The molecule has 1 fully saturated rings. The van der Waals surface area contributed by atoms with E-state index in [0.29, 0.717) is 12.8 Å². The fourth-order valence-corrected chi connectivity index (χ4v) is 1.80. The number of rotatable bonds is 3. The van der Waals surface area contributed by atoms with E-state index in [2.05, 4.69) is 22.7 Å². The maximum absolute atomic E-state index is 13.0. The van der Waals surface area contributed by atoms with E-state index in [4.69, 9.17) is 0 Å². The van der Waals surface area contributed by atoms with Crippen LogP contribution in [0.1, 0.15) is 19.3 Å². The minimum absolute atomic E-state index is 0. The Morgan fingerprint density at radius 3 is 1.74 bits per heavy atom. The first kappa shape index (κ1) is 28.0. The Hall–Kier alpha value is 0.758. The molecule has 0 aromatic heterocycles. The van der Waals surface area contributed by atoms with Gasteiger partial charge in [0.15, 0.2) is 0 Å². The average Bonchev–Trinajstić information content (AvgIpc) is 2.66. The van der Waals surface area contributed by atoms with E-state index < -0.39 is 6.17 Å². The summed E-state index contributed by atoms with van der Waals surface area (Å²) in [4.78, 5) is 0. The second kappa shape index (κ2) is 21.1. The molecule has 1 aliphatic rings. The third kappa shape index (κ3) is 18.8. The molecule has 0 spiro atoms. The molecule has 0 heterocycles. The smallest absolute Gasteiger partial charge is 0.689 e. The first-order valence-corrected chi connectivity index (χ1v) is 6.26. The van der Waals surface area contributed by atoms with E-state index in [1.807, 2.05) is 7.05 Å². The monoisotopic (exact) mass is 349 g/mol. The standard InChI is InChI=1S/C8H16BFN.2C2H6N.CH3.Zr/c1-9(11-2)6-7-4-3-5-8(7)10;2*1-3-2;;/h7-8H,3-6H2,1-2H3;2*1-2H3;1H3;/q4*-1;+4. The van der Waals surface area contributed by atoms with Crippen molar-refractivity contribution in [3.8, 4) is 0 Å². The SMILES string of the molecule is C[N-]B(C)CC1CCCC1F.C[N-]C.C[N-]C.[CH3-].[Zr+4]. The molecule has 0 amide bonds. The van der Waals surface area contributed by atoms with Crippen molar-refractivity contribution >= 4 is 6.85 Å². The molecule has 1 rings (SSSR count). The van der Waals surface area contributed by atoms with E-state index in [1.54, 1.807) is 28.2 Å². The summed E-state index contributed by atoms with van der Waals surface area (Å²) in [5.41, 5.74) is 0. The van der Waals surface area contributed by atoms with Gasteiger partial charge in [0.1, 0.15) is 6.17 Å². The van der Waals surface area contributed by atoms with E-state index in [9.17, 15) is 4.39 Å². The van der Waals surface area contributed by atoms with Crippen LogP contribution in [0.5, 0.6) is 0 Å². The predicted octanol–water partition coefficient (Wildman–Crippen LogP) is 4.44. The van der Waals surface area contributed by atoms with Crippen LogP contribution in [0.3, 0.4) is 0 Å². The summed E-state index contributed by atoms with van der Waals surface area (Å²) in [6, 6.07) is 0. The van der Waals surface area contributed by atoms with Gasteiger partial charge >= 0.3 is 26.2 Å². The van der Waals surface area contributed by atoms with Crippen molar-refractivity contribution in [1.29, 1.82) is 0 Å². The molecule has 0 aromatic rings. The summed E-state index contributed by atoms with van der Waals surface area (Å²) in [6.45, 7) is 2.40. The van der Waals surface area contributed by atoms with Crippen LogP contribution < -0.4 is 0 Å². The van der Waals surface area contributed by atoms with Crippen LogP contribution in [-0.2, 0) is 26.2 Å². The zero-order valence-corrected chi connectivity index (χ0v) is 16.2. The van der Waals surface area contributed by atoms with Crippen molar-refractivity contribution in [1.82, 2.24) is 0 Å². The first-order valence-electron chi connectivity index (χ1n) is 6.26. The second-order valence-corrected chi connectivity index (χ2v) is 4.44. The maximum Gasteiger partial charge on any atom is 4.00 e. The summed E-state index contributed by atoms with van der Waals surface area (Å²) < 4.78 is 13.0. The molecule has 112 valence electrons. The maximum atomic E-state index is 13.0. The minimum atomic E-state index is -0.542. The largest absolute Gasteiger partial charge is 4.00 e. The zero-order valence-electron chi connectivity index (χ0n) is 13.8. The normalized spacial score (nSPS) is 19.7. The van der Waals surface area contributed by atoms with Crippen molar-refractivity contribution in [2.75, 3.05) is 35.2 Å². The molecule has 0 saturated heterocycles. The van der Waals surface area contributed by atoms with E-state index in [-0.39, 0.29) is 33.6 Å². The number of nitrogens with zero attached hydrogens (tertiary/aromatic N) is 3. The van der Waals surface area contributed by atoms with Crippen LogP contribution in [0.4, 0.5) is 4.39 Å². The fraction of sp³-hybridized carbons (Fsp3) is 0.923. The van der Waals surface area contributed by atoms with Crippen LogP contribution in [-0.4, -0.2) is 48.3 Å². The van der Waals surface area contributed by atoms with Gasteiger partial charge in [-0.1, -0.05) is 12.7 Å². The Morgan fingerprint density at radius 1 is 1.05 bits per heavy atom. The summed E-state index contributed by atoms with van der Waals surface area (Å²) in [7, 11) is 8.81. The van der Waals surface area contributed by atoms with Crippen molar-refractivity contribution in [3.05, 3.63) is 23.3 Å². The van der Waals surface area contributed by atoms with Gasteiger partial charge in [0.25, 0.3) is 0 Å². The molecule has 2 unspecified atom stereocenters. The molecule has 0 radical (unpaired) electrons. The third-order valence-corrected chi connectivity index (χ3v) is 2.65. The van der Waals surface area contributed by atoms with Gasteiger partial charge in [-0.3, -0.25) is 0 Å². The number of hydrogen-bond acceptors (Lipinski definition) is 0. The van der Waals surface area contributed by atoms with Crippen molar-refractivity contribution in [2.45, 2.75) is 38.6 Å². The Kier molecular flexibility index (Phi) is 31.0. The molecule has 19 heavy (non-hydrogen) atoms. The average molecular weight is 350 g/mol. The summed E-state index contributed by atoms with van der Waals surface area (Å²) in [5.74, 6) is 0.300. The second-order valence-electron chi connectivity index (χ2n) is 4.44. The summed E-state index contributed by atoms with van der Waals surface area (Å²) in [5, 5.41) is 11.1. The molecule has 2 atom stereocenters. The Balaban J connectivity index is -0.000000122. The van der Waals surface area contributed by atoms with Crippen LogP contribution in [0.25, 0.3) is 15.9 Å². The van der Waals surface area contributed by atoms with Gasteiger partial charge in [-0.2, -0.15) is 35.2 Å². The molecule has 1 aliphatic carbocycles. The Bertz CT molecular complexity index is 154. The quantitative estimate of drug-likeness (QED) is 0.534. The molecular formula is C13H31BFN3Zr. The van der Waals surface area contributed by atoms with E-state index in [0.717, 1.165) is 25.6 Å².